The van der Waals surface area contributed by atoms with Crippen molar-refractivity contribution in [3.05, 3.63) is 48.5 Å². The first-order valence-corrected chi connectivity index (χ1v) is 8.34. The van der Waals surface area contributed by atoms with Crippen molar-refractivity contribution in [3.63, 3.8) is 0 Å². The Balaban J connectivity index is 1.77. The molecule has 1 saturated heterocycles. The van der Waals surface area contributed by atoms with E-state index in [1.165, 1.54) is 4.90 Å². The number of aromatic nitrogens is 1. The monoisotopic (exact) mass is 319 g/mol. The maximum atomic E-state index is 6.42. The number of benzene rings is 1. The van der Waals surface area contributed by atoms with Crippen LogP contribution in [0.1, 0.15) is 12.8 Å². The first-order chi connectivity index (χ1) is 10.2. The van der Waals surface area contributed by atoms with E-state index in [-0.39, 0.29) is 11.5 Å². The molecule has 2 N–H and O–H groups in total. The third kappa shape index (κ3) is 3.70. The van der Waals surface area contributed by atoms with E-state index in [1.54, 1.807) is 11.8 Å². The molecule has 1 aromatic heterocycles. The van der Waals surface area contributed by atoms with Crippen LogP contribution in [0.15, 0.2) is 58.5 Å². The summed E-state index contributed by atoms with van der Waals surface area (Å²) in [6, 6.07) is 16.5. The summed E-state index contributed by atoms with van der Waals surface area (Å²) in [7, 11) is 0. The van der Waals surface area contributed by atoms with Gasteiger partial charge in [0, 0.05) is 17.5 Å². The van der Waals surface area contributed by atoms with E-state index in [4.69, 9.17) is 22.3 Å². The van der Waals surface area contributed by atoms with Gasteiger partial charge >= 0.3 is 0 Å². The molecule has 1 fully saturated rings. The standard InChI is InChI=1S/C16H18ClN3S/c17-14-11-12(18)9-10-20(14)15-7-4-8-16(19-15)21-13-5-2-1-3-6-13/h1-8,12,14H,9-11,18H2. The molecule has 0 aliphatic carbocycles. The molecule has 1 aliphatic heterocycles. The topological polar surface area (TPSA) is 42.1 Å². The third-order valence-corrected chi connectivity index (χ3v) is 4.90. The van der Waals surface area contributed by atoms with Crippen molar-refractivity contribution < 1.29 is 0 Å². The first-order valence-electron chi connectivity index (χ1n) is 7.08. The van der Waals surface area contributed by atoms with Crippen LogP contribution in [0.25, 0.3) is 0 Å². The van der Waals surface area contributed by atoms with Gasteiger partial charge in [0.2, 0.25) is 0 Å². The molecule has 21 heavy (non-hydrogen) atoms. The Labute approximate surface area is 134 Å². The SMILES string of the molecule is NC1CCN(c2cccc(Sc3ccccc3)n2)C(Cl)C1. The number of rotatable bonds is 3. The molecular formula is C16H18ClN3S. The van der Waals surface area contributed by atoms with E-state index in [9.17, 15) is 0 Å². The predicted octanol–water partition coefficient (Wildman–Crippen LogP) is 3.73. The molecule has 0 radical (unpaired) electrons. The van der Waals surface area contributed by atoms with Crippen LogP contribution in [0.2, 0.25) is 0 Å². The maximum absolute atomic E-state index is 6.42. The molecule has 3 nitrogen and oxygen atoms in total. The molecule has 0 amide bonds. The minimum Gasteiger partial charge on any atom is -0.340 e. The molecule has 1 aromatic carbocycles. The lowest BCUT2D eigenvalue weighted by atomic mass is 10.1. The van der Waals surface area contributed by atoms with Crippen molar-refractivity contribution in [2.24, 2.45) is 5.73 Å². The lowest BCUT2D eigenvalue weighted by Crippen LogP contribution is -2.44. The maximum Gasteiger partial charge on any atom is 0.131 e. The zero-order valence-corrected chi connectivity index (χ0v) is 13.2. The summed E-state index contributed by atoms with van der Waals surface area (Å²) in [5.41, 5.74) is 5.89. The quantitative estimate of drug-likeness (QED) is 0.691. The highest BCUT2D eigenvalue weighted by Gasteiger charge is 2.25. The van der Waals surface area contributed by atoms with Crippen LogP contribution < -0.4 is 10.6 Å². The van der Waals surface area contributed by atoms with Gasteiger partial charge in [0.1, 0.15) is 16.3 Å². The summed E-state index contributed by atoms with van der Waals surface area (Å²) in [5, 5.41) is 0.984. The van der Waals surface area contributed by atoms with Crippen LogP contribution in [-0.4, -0.2) is 23.1 Å². The highest BCUT2D eigenvalue weighted by molar-refractivity contribution is 7.99. The van der Waals surface area contributed by atoms with Gasteiger partial charge in [0.25, 0.3) is 0 Å². The van der Waals surface area contributed by atoms with E-state index < -0.39 is 0 Å². The van der Waals surface area contributed by atoms with Crippen LogP contribution in [0, 0.1) is 0 Å². The van der Waals surface area contributed by atoms with Gasteiger partial charge in [-0.2, -0.15) is 0 Å². The summed E-state index contributed by atoms with van der Waals surface area (Å²) in [6.07, 6.45) is 1.76. The number of hydrogen-bond acceptors (Lipinski definition) is 4. The number of pyridine rings is 1. The summed E-state index contributed by atoms with van der Waals surface area (Å²) in [6.45, 7) is 0.863. The first kappa shape index (κ1) is 14.7. The van der Waals surface area contributed by atoms with Crippen molar-refractivity contribution in [3.8, 4) is 0 Å². The normalized spacial score (nSPS) is 22.3. The minimum absolute atomic E-state index is 0.0711. The molecule has 0 bridgehead atoms. The molecule has 2 atom stereocenters. The highest BCUT2D eigenvalue weighted by atomic mass is 35.5. The van der Waals surface area contributed by atoms with E-state index >= 15 is 0 Å². The molecule has 3 rings (SSSR count). The minimum atomic E-state index is -0.0711. The smallest absolute Gasteiger partial charge is 0.131 e. The summed E-state index contributed by atoms with van der Waals surface area (Å²) < 4.78 is 0. The van der Waals surface area contributed by atoms with Gasteiger partial charge < -0.3 is 10.6 Å². The van der Waals surface area contributed by atoms with Crippen LogP contribution in [-0.2, 0) is 0 Å². The number of halogens is 1. The Morgan fingerprint density at radius 2 is 1.95 bits per heavy atom. The van der Waals surface area contributed by atoms with Gasteiger partial charge in [-0.05, 0) is 37.1 Å². The zero-order valence-electron chi connectivity index (χ0n) is 11.7. The van der Waals surface area contributed by atoms with Gasteiger partial charge in [0.05, 0.1) is 0 Å². The Kier molecular flexibility index (Phi) is 4.68. The van der Waals surface area contributed by atoms with Crippen molar-refractivity contribution in [1.29, 1.82) is 0 Å². The predicted molar refractivity (Wildman–Crippen MR) is 89.0 cm³/mol. The molecule has 0 saturated carbocycles. The van der Waals surface area contributed by atoms with Gasteiger partial charge in [-0.1, -0.05) is 47.6 Å². The number of anilines is 1. The summed E-state index contributed by atoms with van der Waals surface area (Å²) >= 11 is 8.09. The van der Waals surface area contributed by atoms with Crippen LogP contribution in [0.3, 0.4) is 0 Å². The van der Waals surface area contributed by atoms with E-state index in [0.717, 1.165) is 30.2 Å². The van der Waals surface area contributed by atoms with Crippen LogP contribution >= 0.6 is 23.4 Å². The van der Waals surface area contributed by atoms with E-state index in [1.807, 2.05) is 36.4 Å². The fourth-order valence-corrected chi connectivity index (χ4v) is 3.67. The van der Waals surface area contributed by atoms with Crippen molar-refractivity contribution >= 4 is 29.2 Å². The summed E-state index contributed by atoms with van der Waals surface area (Å²) in [5.74, 6) is 0.933. The highest BCUT2D eigenvalue weighted by Crippen LogP contribution is 2.30. The molecule has 2 heterocycles. The fraction of sp³-hybridized carbons (Fsp3) is 0.312. The zero-order chi connectivity index (χ0) is 14.7. The largest absolute Gasteiger partial charge is 0.340 e. The second-order valence-electron chi connectivity index (χ2n) is 5.16. The second kappa shape index (κ2) is 6.69. The number of hydrogen-bond donors (Lipinski definition) is 1. The number of alkyl halides is 1. The third-order valence-electron chi connectivity index (χ3n) is 3.54. The van der Waals surface area contributed by atoms with Crippen molar-refractivity contribution in [1.82, 2.24) is 4.98 Å². The van der Waals surface area contributed by atoms with Crippen molar-refractivity contribution in [2.75, 3.05) is 11.4 Å². The Morgan fingerprint density at radius 1 is 1.14 bits per heavy atom. The summed E-state index contributed by atoms with van der Waals surface area (Å²) in [4.78, 5) is 8.06. The van der Waals surface area contributed by atoms with E-state index in [0.29, 0.717) is 0 Å². The lowest BCUT2D eigenvalue weighted by molar-refractivity contribution is 0.473. The number of piperidine rings is 1. The molecular weight excluding hydrogens is 302 g/mol. The van der Waals surface area contributed by atoms with Gasteiger partial charge in [0.15, 0.2) is 0 Å². The van der Waals surface area contributed by atoms with Gasteiger partial charge in [-0.3, -0.25) is 0 Å². The fourth-order valence-electron chi connectivity index (χ4n) is 2.43. The molecule has 5 heteroatoms. The molecule has 1 aliphatic rings. The van der Waals surface area contributed by atoms with Crippen LogP contribution in [0.4, 0.5) is 5.82 Å². The molecule has 110 valence electrons. The second-order valence-corrected chi connectivity index (χ2v) is 6.76. The van der Waals surface area contributed by atoms with Crippen molar-refractivity contribution in [2.45, 2.75) is 34.3 Å². The Bertz CT molecular complexity index is 593. The average molecular weight is 320 g/mol. The molecule has 2 aromatic rings. The number of nitrogens with zero attached hydrogens (tertiary/aromatic N) is 2. The lowest BCUT2D eigenvalue weighted by Gasteiger charge is -2.35. The Hall–Kier alpha value is -1.23. The number of nitrogens with two attached hydrogens (primary N) is 1. The van der Waals surface area contributed by atoms with Crippen LogP contribution in [0.5, 0.6) is 0 Å². The van der Waals surface area contributed by atoms with Gasteiger partial charge in [-0.25, -0.2) is 4.98 Å². The molecule has 2 unspecified atom stereocenters. The molecule has 0 spiro atoms. The van der Waals surface area contributed by atoms with E-state index in [2.05, 4.69) is 17.0 Å². The average Bonchev–Trinajstić information content (AvgIpc) is 2.48. The Morgan fingerprint density at radius 3 is 2.71 bits per heavy atom. The van der Waals surface area contributed by atoms with Gasteiger partial charge in [-0.15, -0.1) is 0 Å².